The summed E-state index contributed by atoms with van der Waals surface area (Å²) in [4.78, 5) is 28.2. The molecular formula is C18H26ClN3O2. The van der Waals surface area contributed by atoms with E-state index in [9.17, 15) is 9.59 Å². The second-order valence-corrected chi connectivity index (χ2v) is 6.70. The third kappa shape index (κ3) is 3.66. The molecule has 24 heavy (non-hydrogen) atoms. The highest BCUT2D eigenvalue weighted by Crippen LogP contribution is 2.35. The van der Waals surface area contributed by atoms with Crippen molar-refractivity contribution in [3.63, 3.8) is 0 Å². The van der Waals surface area contributed by atoms with Crippen LogP contribution in [-0.2, 0) is 10.2 Å². The second kappa shape index (κ2) is 7.88. The number of amides is 3. The highest BCUT2D eigenvalue weighted by atomic mass is 35.5. The van der Waals surface area contributed by atoms with Crippen molar-refractivity contribution in [2.24, 2.45) is 5.73 Å². The summed E-state index contributed by atoms with van der Waals surface area (Å²) in [6, 6.07) is 7.14. The minimum atomic E-state index is -0.549. The summed E-state index contributed by atoms with van der Waals surface area (Å²) in [6.45, 7) is 6.36. The van der Waals surface area contributed by atoms with Crippen molar-refractivity contribution in [1.82, 2.24) is 9.80 Å². The van der Waals surface area contributed by atoms with E-state index in [1.165, 1.54) is 0 Å². The lowest BCUT2D eigenvalue weighted by atomic mass is 9.74. The van der Waals surface area contributed by atoms with Crippen LogP contribution in [0.2, 0.25) is 5.02 Å². The summed E-state index contributed by atoms with van der Waals surface area (Å²) in [6.07, 6.45) is 2.19. The van der Waals surface area contributed by atoms with E-state index < -0.39 is 11.4 Å². The van der Waals surface area contributed by atoms with Crippen molar-refractivity contribution < 1.29 is 9.59 Å². The molecule has 0 aliphatic carbocycles. The van der Waals surface area contributed by atoms with Crippen molar-refractivity contribution in [2.75, 3.05) is 26.2 Å². The number of primary amides is 1. The smallest absolute Gasteiger partial charge is 0.314 e. The zero-order chi connectivity index (χ0) is 17.7. The topological polar surface area (TPSA) is 66.6 Å². The maximum Gasteiger partial charge on any atom is 0.314 e. The summed E-state index contributed by atoms with van der Waals surface area (Å²) in [5.41, 5.74) is 5.82. The predicted octanol–water partition coefficient (Wildman–Crippen LogP) is 3.01. The molecule has 1 heterocycles. The number of urea groups is 1. The molecule has 1 aliphatic rings. The van der Waals surface area contributed by atoms with Crippen LogP contribution in [0, 0.1) is 0 Å². The molecular weight excluding hydrogens is 326 g/mol. The Hall–Kier alpha value is -1.75. The van der Waals surface area contributed by atoms with E-state index in [4.69, 9.17) is 17.3 Å². The van der Waals surface area contributed by atoms with Gasteiger partial charge in [-0.25, -0.2) is 4.79 Å². The highest BCUT2D eigenvalue weighted by Gasteiger charge is 2.40. The molecule has 0 unspecified atom stereocenters. The summed E-state index contributed by atoms with van der Waals surface area (Å²) in [5, 5.41) is 0.666. The van der Waals surface area contributed by atoms with Crippen molar-refractivity contribution in [3.05, 3.63) is 34.9 Å². The van der Waals surface area contributed by atoms with E-state index >= 15 is 0 Å². The van der Waals surface area contributed by atoms with E-state index in [0.717, 1.165) is 24.8 Å². The van der Waals surface area contributed by atoms with Crippen molar-refractivity contribution in [1.29, 1.82) is 0 Å². The SMILES string of the molecule is CCC(CC)(C(=O)N1CCCN(C(N)=O)CC1)c1ccc(Cl)cc1. The molecule has 0 saturated carbocycles. The molecule has 3 amide bonds. The molecule has 132 valence electrons. The van der Waals surface area contributed by atoms with Gasteiger partial charge in [-0.2, -0.15) is 0 Å². The number of benzene rings is 1. The molecule has 5 nitrogen and oxygen atoms in total. The van der Waals surface area contributed by atoms with Crippen LogP contribution in [0.5, 0.6) is 0 Å². The van der Waals surface area contributed by atoms with Gasteiger partial charge in [-0.05, 0) is 37.0 Å². The third-order valence-corrected chi connectivity index (χ3v) is 5.36. The second-order valence-electron chi connectivity index (χ2n) is 6.27. The number of hydrogen-bond donors (Lipinski definition) is 1. The van der Waals surface area contributed by atoms with Crippen molar-refractivity contribution >= 4 is 23.5 Å². The van der Waals surface area contributed by atoms with Crippen LogP contribution >= 0.6 is 11.6 Å². The lowest BCUT2D eigenvalue weighted by Gasteiger charge is -2.36. The number of carbonyl (C=O) groups excluding carboxylic acids is 2. The maximum absolute atomic E-state index is 13.4. The largest absolute Gasteiger partial charge is 0.351 e. The Kier molecular flexibility index (Phi) is 6.10. The number of rotatable bonds is 4. The molecule has 1 aliphatic heterocycles. The summed E-state index contributed by atoms with van der Waals surface area (Å²) in [5.74, 6) is 0.126. The van der Waals surface area contributed by atoms with Crippen molar-refractivity contribution in [3.8, 4) is 0 Å². The summed E-state index contributed by atoms with van der Waals surface area (Å²) >= 11 is 6.00. The summed E-state index contributed by atoms with van der Waals surface area (Å²) < 4.78 is 0. The Labute approximate surface area is 148 Å². The van der Waals surface area contributed by atoms with Gasteiger partial charge in [-0.15, -0.1) is 0 Å². The minimum absolute atomic E-state index is 0.126. The lowest BCUT2D eigenvalue weighted by Crippen LogP contribution is -2.48. The van der Waals surface area contributed by atoms with Crippen molar-refractivity contribution in [2.45, 2.75) is 38.5 Å². The van der Waals surface area contributed by atoms with Gasteiger partial charge in [0.1, 0.15) is 0 Å². The molecule has 0 radical (unpaired) electrons. The van der Waals surface area contributed by atoms with Crippen LogP contribution < -0.4 is 5.73 Å². The van der Waals surface area contributed by atoms with Crippen LogP contribution in [0.1, 0.15) is 38.7 Å². The van der Waals surface area contributed by atoms with Crippen LogP contribution in [0.3, 0.4) is 0 Å². The van der Waals surface area contributed by atoms with E-state index in [0.29, 0.717) is 31.2 Å². The highest BCUT2D eigenvalue weighted by molar-refractivity contribution is 6.30. The van der Waals surface area contributed by atoms with Gasteiger partial charge in [-0.1, -0.05) is 37.6 Å². The van der Waals surface area contributed by atoms with Gasteiger partial charge < -0.3 is 15.5 Å². The number of carbonyl (C=O) groups is 2. The first-order valence-corrected chi connectivity index (χ1v) is 8.92. The first kappa shape index (κ1) is 18.6. The van der Waals surface area contributed by atoms with E-state index in [1.807, 2.05) is 43.0 Å². The van der Waals surface area contributed by atoms with Crippen LogP contribution in [-0.4, -0.2) is 47.9 Å². The Morgan fingerprint density at radius 2 is 1.58 bits per heavy atom. The first-order valence-electron chi connectivity index (χ1n) is 8.54. The maximum atomic E-state index is 13.4. The number of nitrogens with zero attached hydrogens (tertiary/aromatic N) is 2. The molecule has 1 saturated heterocycles. The zero-order valence-corrected chi connectivity index (χ0v) is 15.2. The zero-order valence-electron chi connectivity index (χ0n) is 14.4. The first-order chi connectivity index (χ1) is 11.4. The standard InChI is InChI=1S/C18H26ClN3O2/c1-3-18(4-2,14-6-8-15(19)9-7-14)16(23)21-10-5-11-22(13-12-21)17(20)24/h6-9H,3-5,10-13H2,1-2H3,(H2,20,24). The molecule has 1 fully saturated rings. The molecule has 0 bridgehead atoms. The van der Waals surface area contributed by atoms with Gasteiger partial charge in [0.25, 0.3) is 0 Å². The predicted molar refractivity (Wildman–Crippen MR) is 96.1 cm³/mol. The van der Waals surface area contributed by atoms with Gasteiger partial charge in [0.15, 0.2) is 0 Å². The fourth-order valence-corrected chi connectivity index (χ4v) is 3.62. The lowest BCUT2D eigenvalue weighted by molar-refractivity contribution is -0.137. The Bertz CT molecular complexity index is 584. The van der Waals surface area contributed by atoms with Gasteiger partial charge in [0.2, 0.25) is 5.91 Å². The molecule has 1 aromatic carbocycles. The third-order valence-electron chi connectivity index (χ3n) is 5.11. The van der Waals surface area contributed by atoms with Gasteiger partial charge in [0.05, 0.1) is 5.41 Å². The van der Waals surface area contributed by atoms with Crippen LogP contribution in [0.15, 0.2) is 24.3 Å². The fraction of sp³-hybridized carbons (Fsp3) is 0.556. The number of nitrogens with two attached hydrogens (primary N) is 1. The molecule has 0 spiro atoms. The normalized spacial score (nSPS) is 16.0. The fourth-order valence-electron chi connectivity index (χ4n) is 3.50. The van der Waals surface area contributed by atoms with E-state index in [2.05, 4.69) is 0 Å². The van der Waals surface area contributed by atoms with E-state index in [-0.39, 0.29) is 5.91 Å². The van der Waals surface area contributed by atoms with Crippen LogP contribution in [0.4, 0.5) is 4.79 Å². The quantitative estimate of drug-likeness (QED) is 0.906. The Morgan fingerprint density at radius 3 is 2.12 bits per heavy atom. The summed E-state index contributed by atoms with van der Waals surface area (Å²) in [7, 11) is 0. The number of halogens is 1. The van der Waals surface area contributed by atoms with E-state index in [1.54, 1.807) is 4.90 Å². The average molecular weight is 352 g/mol. The molecule has 0 aromatic heterocycles. The molecule has 1 aromatic rings. The Balaban J connectivity index is 2.25. The van der Waals surface area contributed by atoms with Crippen LogP contribution in [0.25, 0.3) is 0 Å². The molecule has 2 rings (SSSR count). The molecule has 2 N–H and O–H groups in total. The number of hydrogen-bond acceptors (Lipinski definition) is 2. The minimum Gasteiger partial charge on any atom is -0.351 e. The molecule has 0 atom stereocenters. The van der Waals surface area contributed by atoms with Gasteiger partial charge in [-0.3, -0.25) is 4.79 Å². The monoisotopic (exact) mass is 351 g/mol. The molecule has 6 heteroatoms. The van der Waals surface area contributed by atoms with Gasteiger partial charge in [0, 0.05) is 31.2 Å². The Morgan fingerprint density at radius 1 is 1.04 bits per heavy atom. The van der Waals surface area contributed by atoms with Gasteiger partial charge >= 0.3 is 6.03 Å². The average Bonchev–Trinajstić information content (AvgIpc) is 2.84.